The van der Waals surface area contributed by atoms with Crippen molar-refractivity contribution in [2.24, 2.45) is 0 Å². The summed E-state index contributed by atoms with van der Waals surface area (Å²) in [5.74, 6) is 0.372. The van der Waals surface area contributed by atoms with Gasteiger partial charge in [-0.15, -0.1) is 0 Å². The summed E-state index contributed by atoms with van der Waals surface area (Å²) in [4.78, 5) is 12.6. The van der Waals surface area contributed by atoms with Crippen LogP contribution in [0.1, 0.15) is 22.3 Å². The van der Waals surface area contributed by atoms with E-state index in [0.717, 1.165) is 25.1 Å². The van der Waals surface area contributed by atoms with Crippen molar-refractivity contribution >= 4 is 21.6 Å². The quantitative estimate of drug-likeness (QED) is 0.701. The molecular weight excluding hydrogens is 366 g/mol. The highest BCUT2D eigenvalue weighted by Crippen LogP contribution is 2.21. The van der Waals surface area contributed by atoms with Crippen LogP contribution in [-0.2, 0) is 10.0 Å². The highest BCUT2D eigenvalue weighted by Gasteiger charge is 2.21. The molecule has 1 atom stereocenters. The maximum Gasteiger partial charge on any atom is 0.261 e. The number of hydrogen-bond acceptors (Lipinski definition) is 5. The molecule has 8 heteroatoms. The molecule has 0 spiro atoms. The molecule has 1 aliphatic rings. The van der Waals surface area contributed by atoms with Gasteiger partial charge in [0.1, 0.15) is 5.75 Å². The molecule has 0 saturated carbocycles. The van der Waals surface area contributed by atoms with E-state index in [1.54, 1.807) is 44.4 Å². The van der Waals surface area contributed by atoms with Crippen molar-refractivity contribution in [3.8, 4) is 5.75 Å². The number of nitrogens with one attached hydrogen (secondary N) is 3. The lowest BCUT2D eigenvalue weighted by atomic mass is 10.1. The van der Waals surface area contributed by atoms with E-state index < -0.39 is 10.0 Å². The number of hydrogen-bond donors (Lipinski definition) is 3. The summed E-state index contributed by atoms with van der Waals surface area (Å²) in [7, 11) is -2.27. The lowest BCUT2D eigenvalue weighted by molar-refractivity contribution is 0.0939. The Morgan fingerprint density at radius 1 is 1.19 bits per heavy atom. The topological polar surface area (TPSA) is 96.5 Å². The van der Waals surface area contributed by atoms with E-state index in [9.17, 15) is 13.2 Å². The normalized spacial score (nSPS) is 16.7. The first-order valence-electron chi connectivity index (χ1n) is 8.68. The van der Waals surface area contributed by atoms with Crippen LogP contribution in [0.25, 0.3) is 0 Å². The van der Waals surface area contributed by atoms with E-state index in [-0.39, 0.29) is 16.8 Å². The molecule has 1 heterocycles. The number of carbonyl (C=O) groups is 1. The minimum Gasteiger partial charge on any atom is -0.497 e. The number of carbonyl (C=O) groups excluding carboxylic acids is 1. The van der Waals surface area contributed by atoms with Crippen molar-refractivity contribution < 1.29 is 17.9 Å². The number of sulfonamides is 1. The Hall–Kier alpha value is -2.58. The second-order valence-electron chi connectivity index (χ2n) is 6.47. The SMILES string of the molecule is COc1ccc(NS(=O)(=O)c2ccc(C)c(C(=O)NC3CCNC3)c2)cc1. The first-order chi connectivity index (χ1) is 12.9. The molecule has 1 fully saturated rings. The third kappa shape index (κ3) is 4.58. The number of rotatable bonds is 6. The van der Waals surface area contributed by atoms with E-state index in [1.807, 2.05) is 0 Å². The number of anilines is 1. The first-order valence-corrected chi connectivity index (χ1v) is 10.2. The molecule has 7 nitrogen and oxygen atoms in total. The Kier molecular flexibility index (Phi) is 5.67. The highest BCUT2D eigenvalue weighted by molar-refractivity contribution is 7.92. The van der Waals surface area contributed by atoms with Crippen LogP contribution < -0.4 is 20.1 Å². The summed E-state index contributed by atoms with van der Waals surface area (Å²) in [6.07, 6.45) is 0.863. The summed E-state index contributed by atoms with van der Waals surface area (Å²) in [6, 6.07) is 11.2. The van der Waals surface area contributed by atoms with Gasteiger partial charge in [0.15, 0.2) is 0 Å². The van der Waals surface area contributed by atoms with Gasteiger partial charge in [-0.2, -0.15) is 0 Å². The zero-order valence-corrected chi connectivity index (χ0v) is 16.1. The molecule has 144 valence electrons. The second kappa shape index (κ2) is 7.98. The highest BCUT2D eigenvalue weighted by atomic mass is 32.2. The van der Waals surface area contributed by atoms with Gasteiger partial charge >= 0.3 is 0 Å². The zero-order chi connectivity index (χ0) is 19.4. The largest absolute Gasteiger partial charge is 0.497 e. The number of benzene rings is 2. The van der Waals surface area contributed by atoms with Gasteiger partial charge in [0.2, 0.25) is 0 Å². The molecule has 2 aromatic carbocycles. The third-order valence-electron chi connectivity index (χ3n) is 4.50. The van der Waals surface area contributed by atoms with E-state index in [1.165, 1.54) is 12.1 Å². The summed E-state index contributed by atoms with van der Waals surface area (Å²) < 4.78 is 33.0. The second-order valence-corrected chi connectivity index (χ2v) is 8.16. The van der Waals surface area contributed by atoms with Gasteiger partial charge in [-0.05, 0) is 61.9 Å². The van der Waals surface area contributed by atoms with E-state index in [0.29, 0.717) is 17.0 Å². The fourth-order valence-electron chi connectivity index (χ4n) is 2.93. The molecular formula is C19H23N3O4S. The molecule has 0 aromatic heterocycles. The van der Waals surface area contributed by atoms with Crippen molar-refractivity contribution in [2.75, 3.05) is 24.9 Å². The van der Waals surface area contributed by atoms with Crippen molar-refractivity contribution in [1.29, 1.82) is 0 Å². The average Bonchev–Trinajstić information content (AvgIpc) is 3.15. The Balaban J connectivity index is 1.81. The van der Waals surface area contributed by atoms with Gasteiger partial charge in [-0.3, -0.25) is 9.52 Å². The van der Waals surface area contributed by atoms with Crippen molar-refractivity contribution in [3.63, 3.8) is 0 Å². The van der Waals surface area contributed by atoms with E-state index in [2.05, 4.69) is 15.4 Å². The predicted molar refractivity (Wildman–Crippen MR) is 104 cm³/mol. The summed E-state index contributed by atoms with van der Waals surface area (Å²) in [6.45, 7) is 3.38. The molecule has 1 aliphatic heterocycles. The smallest absolute Gasteiger partial charge is 0.261 e. The van der Waals surface area contributed by atoms with E-state index in [4.69, 9.17) is 4.74 Å². The van der Waals surface area contributed by atoms with Gasteiger partial charge in [-0.25, -0.2) is 8.42 Å². The van der Waals surface area contributed by atoms with Crippen LogP contribution in [0.5, 0.6) is 5.75 Å². The van der Waals surface area contributed by atoms with Crippen molar-refractivity contribution in [3.05, 3.63) is 53.6 Å². The minimum atomic E-state index is -3.82. The molecule has 2 aromatic rings. The van der Waals surface area contributed by atoms with Crippen LogP contribution >= 0.6 is 0 Å². The minimum absolute atomic E-state index is 0.0404. The predicted octanol–water partition coefficient (Wildman–Crippen LogP) is 1.90. The maximum atomic E-state index is 12.7. The fourth-order valence-corrected chi connectivity index (χ4v) is 4.01. The number of methoxy groups -OCH3 is 1. The van der Waals surface area contributed by atoms with Crippen LogP contribution in [0.4, 0.5) is 5.69 Å². The summed E-state index contributed by atoms with van der Waals surface area (Å²) >= 11 is 0. The van der Waals surface area contributed by atoms with Crippen LogP contribution in [-0.4, -0.2) is 40.6 Å². The Labute approximate surface area is 159 Å². The Morgan fingerprint density at radius 2 is 1.93 bits per heavy atom. The lowest BCUT2D eigenvalue weighted by Gasteiger charge is -2.14. The zero-order valence-electron chi connectivity index (χ0n) is 15.3. The van der Waals surface area contributed by atoms with Gasteiger partial charge in [0.25, 0.3) is 15.9 Å². The molecule has 3 rings (SSSR count). The lowest BCUT2D eigenvalue weighted by Crippen LogP contribution is -2.36. The van der Waals surface area contributed by atoms with Crippen LogP contribution in [0.2, 0.25) is 0 Å². The number of ether oxygens (including phenoxy) is 1. The summed E-state index contributed by atoms with van der Waals surface area (Å²) in [5.41, 5.74) is 1.50. The van der Waals surface area contributed by atoms with Gasteiger partial charge in [0.05, 0.1) is 12.0 Å². The van der Waals surface area contributed by atoms with Crippen molar-refractivity contribution in [1.82, 2.24) is 10.6 Å². The maximum absolute atomic E-state index is 12.7. The van der Waals surface area contributed by atoms with Crippen molar-refractivity contribution in [2.45, 2.75) is 24.3 Å². The van der Waals surface area contributed by atoms with Gasteiger partial charge in [0, 0.05) is 23.8 Å². The molecule has 1 saturated heterocycles. The standard InChI is InChI=1S/C19H23N3O4S/c1-13-3-8-17(11-18(13)19(23)21-15-9-10-20-12-15)27(24,25)22-14-4-6-16(26-2)7-5-14/h3-8,11,15,20,22H,9-10,12H2,1-2H3,(H,21,23). The average molecular weight is 389 g/mol. The molecule has 27 heavy (non-hydrogen) atoms. The Bertz CT molecular complexity index is 920. The molecule has 3 N–H and O–H groups in total. The number of aryl methyl sites for hydroxylation is 1. The molecule has 1 amide bonds. The molecule has 0 radical (unpaired) electrons. The molecule has 0 aliphatic carbocycles. The molecule has 1 unspecified atom stereocenters. The summed E-state index contributed by atoms with van der Waals surface area (Å²) in [5, 5.41) is 6.13. The van der Waals surface area contributed by atoms with Gasteiger partial charge in [-0.1, -0.05) is 6.07 Å². The fraction of sp³-hybridized carbons (Fsp3) is 0.316. The van der Waals surface area contributed by atoms with Crippen LogP contribution in [0.3, 0.4) is 0 Å². The Morgan fingerprint density at radius 3 is 2.56 bits per heavy atom. The monoisotopic (exact) mass is 389 g/mol. The number of amides is 1. The third-order valence-corrected chi connectivity index (χ3v) is 5.88. The van der Waals surface area contributed by atoms with Crippen LogP contribution in [0, 0.1) is 6.92 Å². The van der Waals surface area contributed by atoms with E-state index >= 15 is 0 Å². The first kappa shape index (κ1) is 19.2. The van der Waals surface area contributed by atoms with Gasteiger partial charge < -0.3 is 15.4 Å². The molecule has 0 bridgehead atoms. The van der Waals surface area contributed by atoms with Crippen LogP contribution in [0.15, 0.2) is 47.4 Å².